The molecule has 0 aliphatic carbocycles. The molecule has 3 heterocycles. The minimum absolute atomic E-state index is 0. The van der Waals surface area contributed by atoms with Crippen LogP contribution in [0.15, 0.2) is 47.8 Å². The Morgan fingerprint density at radius 2 is 2.04 bits per heavy atom. The zero-order valence-electron chi connectivity index (χ0n) is 15.0. The smallest absolute Gasteiger partial charge is 0.252 e. The first-order valence-corrected chi connectivity index (χ1v) is 9.56. The Morgan fingerprint density at radius 1 is 1.22 bits per heavy atom. The summed E-state index contributed by atoms with van der Waals surface area (Å²) in [5.41, 5.74) is 2.43. The average Bonchev–Trinajstić information content (AvgIpc) is 3.15. The largest absolute Gasteiger partial charge is 0.349 e. The van der Waals surface area contributed by atoms with Gasteiger partial charge in [-0.15, -0.1) is 36.2 Å². The fourth-order valence-corrected chi connectivity index (χ4v) is 4.13. The number of nitrogens with one attached hydrogen (secondary N) is 2. The lowest BCUT2D eigenvalue weighted by Crippen LogP contribution is -2.46. The van der Waals surface area contributed by atoms with Crippen LogP contribution in [0.1, 0.15) is 30.1 Å². The molecule has 0 radical (unpaired) electrons. The molecule has 0 saturated carbocycles. The number of hydrogen-bond donors (Lipinski definition) is 2. The van der Waals surface area contributed by atoms with Crippen LogP contribution >= 0.6 is 36.2 Å². The molecule has 1 aliphatic rings. The second-order valence-electron chi connectivity index (χ2n) is 6.60. The van der Waals surface area contributed by atoms with Crippen molar-refractivity contribution in [1.82, 2.24) is 15.6 Å². The molecule has 144 valence electrons. The van der Waals surface area contributed by atoms with Gasteiger partial charge in [0.2, 0.25) is 0 Å². The van der Waals surface area contributed by atoms with Crippen molar-refractivity contribution in [2.24, 2.45) is 0 Å². The number of thiophene rings is 1. The molecule has 4 nitrogen and oxygen atoms in total. The van der Waals surface area contributed by atoms with Crippen LogP contribution in [0.4, 0.5) is 0 Å². The van der Waals surface area contributed by atoms with Crippen LogP contribution in [-0.2, 0) is 0 Å². The highest BCUT2D eigenvalue weighted by Gasteiger charge is 2.22. The number of aromatic nitrogens is 1. The van der Waals surface area contributed by atoms with Gasteiger partial charge in [-0.25, -0.2) is 4.98 Å². The van der Waals surface area contributed by atoms with Crippen molar-refractivity contribution in [3.63, 3.8) is 0 Å². The van der Waals surface area contributed by atoms with Gasteiger partial charge in [0.1, 0.15) is 0 Å². The Morgan fingerprint density at radius 3 is 2.78 bits per heavy atom. The molecule has 0 spiro atoms. The third kappa shape index (κ3) is 4.79. The SMILES string of the molecule is CC1CC(NC(=O)c2cc(-c3cccs3)nc3ccccc23)CCN1.Cl.Cl. The summed E-state index contributed by atoms with van der Waals surface area (Å²) in [6, 6.07) is 14.5. The molecule has 2 atom stereocenters. The first kappa shape index (κ1) is 21.6. The monoisotopic (exact) mass is 423 g/mol. The predicted octanol–water partition coefficient (Wildman–Crippen LogP) is 4.68. The second-order valence-corrected chi connectivity index (χ2v) is 7.55. The Bertz CT molecular complexity index is 901. The zero-order chi connectivity index (χ0) is 17.2. The van der Waals surface area contributed by atoms with Gasteiger partial charge >= 0.3 is 0 Å². The summed E-state index contributed by atoms with van der Waals surface area (Å²) in [7, 11) is 0. The third-order valence-corrected chi connectivity index (χ3v) is 5.59. The van der Waals surface area contributed by atoms with Crippen LogP contribution in [0.25, 0.3) is 21.5 Å². The van der Waals surface area contributed by atoms with Crippen molar-refractivity contribution in [1.29, 1.82) is 0 Å². The van der Waals surface area contributed by atoms with Gasteiger partial charge < -0.3 is 10.6 Å². The van der Waals surface area contributed by atoms with E-state index in [2.05, 4.69) is 17.6 Å². The van der Waals surface area contributed by atoms with Crippen LogP contribution in [0.3, 0.4) is 0 Å². The van der Waals surface area contributed by atoms with E-state index in [1.165, 1.54) is 0 Å². The van der Waals surface area contributed by atoms with Crippen molar-refractivity contribution < 1.29 is 4.79 Å². The van der Waals surface area contributed by atoms with Gasteiger partial charge in [-0.3, -0.25) is 4.79 Å². The van der Waals surface area contributed by atoms with Crippen molar-refractivity contribution in [2.45, 2.75) is 31.8 Å². The van der Waals surface area contributed by atoms with Crippen molar-refractivity contribution in [3.05, 3.63) is 53.4 Å². The fraction of sp³-hybridized carbons (Fsp3) is 0.300. The molecule has 0 bridgehead atoms. The number of rotatable bonds is 3. The van der Waals surface area contributed by atoms with Crippen LogP contribution in [0, 0.1) is 0 Å². The Kier molecular flexibility index (Phi) is 7.62. The van der Waals surface area contributed by atoms with E-state index in [9.17, 15) is 4.79 Å². The number of nitrogens with zero attached hydrogens (tertiary/aromatic N) is 1. The predicted molar refractivity (Wildman–Crippen MR) is 118 cm³/mol. The summed E-state index contributed by atoms with van der Waals surface area (Å²) in [4.78, 5) is 18.8. The van der Waals surface area contributed by atoms with Crippen molar-refractivity contribution in [3.8, 4) is 10.6 Å². The van der Waals surface area contributed by atoms with E-state index < -0.39 is 0 Å². The standard InChI is InChI=1S/C20H21N3OS.2ClH/c1-13-11-14(8-9-21-13)22-20(24)16-12-18(19-7-4-10-25-19)23-17-6-3-2-5-15(16)17;;/h2-7,10,12-14,21H,8-9,11H2,1H3,(H,22,24);2*1H. The topological polar surface area (TPSA) is 54.0 Å². The minimum Gasteiger partial charge on any atom is -0.349 e. The number of hydrogen-bond acceptors (Lipinski definition) is 4. The second kappa shape index (κ2) is 9.51. The summed E-state index contributed by atoms with van der Waals surface area (Å²) in [5.74, 6) is -0.00416. The highest BCUT2D eigenvalue weighted by atomic mass is 35.5. The molecule has 1 saturated heterocycles. The number of para-hydroxylation sites is 1. The molecular formula is C20H23Cl2N3OS. The maximum Gasteiger partial charge on any atom is 0.252 e. The Hall–Kier alpha value is -1.66. The molecule has 7 heteroatoms. The number of carbonyl (C=O) groups excluding carboxylic acids is 1. The van der Waals surface area contributed by atoms with E-state index in [0.717, 1.165) is 40.9 Å². The first-order valence-electron chi connectivity index (χ1n) is 8.68. The maximum absolute atomic E-state index is 13.0. The summed E-state index contributed by atoms with van der Waals surface area (Å²) in [5, 5.41) is 9.58. The normalized spacial score (nSPS) is 19.0. The van der Waals surface area contributed by atoms with Gasteiger partial charge in [0.15, 0.2) is 0 Å². The maximum atomic E-state index is 13.0. The number of benzene rings is 1. The molecule has 2 N–H and O–H groups in total. The van der Waals surface area contributed by atoms with E-state index in [1.807, 2.05) is 47.8 Å². The molecule has 27 heavy (non-hydrogen) atoms. The van der Waals surface area contributed by atoms with E-state index in [0.29, 0.717) is 11.6 Å². The molecule has 2 unspecified atom stereocenters. The van der Waals surface area contributed by atoms with Gasteiger partial charge in [-0.1, -0.05) is 24.3 Å². The number of carbonyl (C=O) groups is 1. The molecule has 1 aromatic carbocycles. The van der Waals surface area contributed by atoms with E-state index in [4.69, 9.17) is 4.98 Å². The Balaban J connectivity index is 0.00000131. The van der Waals surface area contributed by atoms with E-state index >= 15 is 0 Å². The van der Waals surface area contributed by atoms with Crippen LogP contribution in [-0.4, -0.2) is 29.5 Å². The molecule has 2 aromatic heterocycles. The highest BCUT2D eigenvalue weighted by molar-refractivity contribution is 7.13. The molecule has 1 amide bonds. The van der Waals surface area contributed by atoms with E-state index in [1.54, 1.807) is 11.3 Å². The number of halogens is 2. The number of amides is 1. The number of pyridine rings is 1. The summed E-state index contributed by atoms with van der Waals surface area (Å²) in [6.45, 7) is 3.11. The molecular weight excluding hydrogens is 401 g/mol. The number of piperidine rings is 1. The van der Waals surface area contributed by atoms with Crippen LogP contribution < -0.4 is 10.6 Å². The lowest BCUT2D eigenvalue weighted by molar-refractivity contribution is 0.0927. The summed E-state index contributed by atoms with van der Waals surface area (Å²) < 4.78 is 0. The lowest BCUT2D eigenvalue weighted by Gasteiger charge is -2.28. The quantitative estimate of drug-likeness (QED) is 0.642. The minimum atomic E-state index is -0.00416. The van der Waals surface area contributed by atoms with Gasteiger partial charge in [-0.2, -0.15) is 0 Å². The van der Waals surface area contributed by atoms with Crippen LogP contribution in [0.5, 0.6) is 0 Å². The first-order chi connectivity index (χ1) is 12.2. The van der Waals surface area contributed by atoms with Gasteiger partial charge in [0.05, 0.1) is 21.7 Å². The average molecular weight is 424 g/mol. The molecule has 1 aliphatic heterocycles. The molecule has 3 aromatic rings. The third-order valence-electron chi connectivity index (χ3n) is 4.69. The Labute approximate surface area is 175 Å². The van der Waals surface area contributed by atoms with E-state index in [-0.39, 0.29) is 36.8 Å². The van der Waals surface area contributed by atoms with Crippen molar-refractivity contribution in [2.75, 3.05) is 6.54 Å². The zero-order valence-corrected chi connectivity index (χ0v) is 17.4. The van der Waals surface area contributed by atoms with Crippen molar-refractivity contribution >= 4 is 53.0 Å². The molecule has 4 rings (SSSR count). The summed E-state index contributed by atoms with van der Waals surface area (Å²) in [6.07, 6.45) is 1.93. The van der Waals surface area contributed by atoms with Gasteiger partial charge in [0, 0.05) is 17.5 Å². The highest BCUT2D eigenvalue weighted by Crippen LogP contribution is 2.28. The fourth-order valence-electron chi connectivity index (χ4n) is 3.44. The van der Waals surface area contributed by atoms with Crippen LogP contribution in [0.2, 0.25) is 0 Å². The van der Waals surface area contributed by atoms with Gasteiger partial charge in [-0.05, 0) is 49.9 Å². The summed E-state index contributed by atoms with van der Waals surface area (Å²) >= 11 is 1.64. The lowest BCUT2D eigenvalue weighted by atomic mass is 9.99. The molecule has 1 fully saturated rings. The van der Waals surface area contributed by atoms with Gasteiger partial charge in [0.25, 0.3) is 5.91 Å². The number of fused-ring (bicyclic) bond motifs is 1.